The maximum Gasteiger partial charge on any atom is 0.339 e. The SMILES string of the molecule is CC[C@H](C)COC(=O)c1ccc(=O)[nH]c1. The number of esters is 1. The first-order valence-electron chi connectivity index (χ1n) is 4.99. The van der Waals surface area contributed by atoms with Crippen LogP contribution >= 0.6 is 0 Å². The third-order valence-electron chi connectivity index (χ3n) is 2.22. The number of hydrogen-bond acceptors (Lipinski definition) is 3. The fraction of sp³-hybridized carbons (Fsp3) is 0.455. The van der Waals surface area contributed by atoms with E-state index in [1.54, 1.807) is 0 Å². The lowest BCUT2D eigenvalue weighted by atomic mass is 10.1. The van der Waals surface area contributed by atoms with Crippen molar-refractivity contribution in [3.8, 4) is 0 Å². The summed E-state index contributed by atoms with van der Waals surface area (Å²) in [6.45, 7) is 4.47. The van der Waals surface area contributed by atoms with Crippen molar-refractivity contribution in [3.63, 3.8) is 0 Å². The largest absolute Gasteiger partial charge is 0.462 e. The van der Waals surface area contributed by atoms with Crippen LogP contribution in [0.3, 0.4) is 0 Å². The van der Waals surface area contributed by atoms with Gasteiger partial charge in [0.15, 0.2) is 0 Å². The van der Waals surface area contributed by atoms with E-state index in [-0.39, 0.29) is 5.56 Å². The molecule has 0 aliphatic heterocycles. The number of carbonyl (C=O) groups excluding carboxylic acids is 1. The second kappa shape index (κ2) is 5.34. The molecule has 0 fully saturated rings. The summed E-state index contributed by atoms with van der Waals surface area (Å²) in [5.41, 5.74) is 0.145. The summed E-state index contributed by atoms with van der Waals surface area (Å²) in [6.07, 6.45) is 2.33. The molecule has 82 valence electrons. The molecule has 0 aromatic carbocycles. The highest BCUT2D eigenvalue weighted by atomic mass is 16.5. The van der Waals surface area contributed by atoms with Crippen LogP contribution in [0, 0.1) is 5.92 Å². The van der Waals surface area contributed by atoms with Crippen LogP contribution in [0.5, 0.6) is 0 Å². The molecule has 1 aromatic rings. The Morgan fingerprint density at radius 1 is 1.53 bits per heavy atom. The molecule has 0 bridgehead atoms. The van der Waals surface area contributed by atoms with Gasteiger partial charge in [-0.2, -0.15) is 0 Å². The molecule has 4 nitrogen and oxygen atoms in total. The first-order valence-corrected chi connectivity index (χ1v) is 4.99. The van der Waals surface area contributed by atoms with Crippen molar-refractivity contribution in [2.75, 3.05) is 6.61 Å². The Morgan fingerprint density at radius 3 is 2.80 bits per heavy atom. The zero-order chi connectivity index (χ0) is 11.3. The monoisotopic (exact) mass is 209 g/mol. The van der Waals surface area contributed by atoms with E-state index in [4.69, 9.17) is 4.74 Å². The van der Waals surface area contributed by atoms with E-state index in [0.717, 1.165) is 6.42 Å². The van der Waals surface area contributed by atoms with Gasteiger partial charge >= 0.3 is 5.97 Å². The molecule has 4 heteroatoms. The van der Waals surface area contributed by atoms with Crippen LogP contribution < -0.4 is 5.56 Å². The lowest BCUT2D eigenvalue weighted by Gasteiger charge is -2.08. The van der Waals surface area contributed by atoms with Gasteiger partial charge in [0.25, 0.3) is 0 Å². The van der Waals surface area contributed by atoms with Gasteiger partial charge in [-0.05, 0) is 12.0 Å². The number of rotatable bonds is 4. The summed E-state index contributed by atoms with van der Waals surface area (Å²) in [7, 11) is 0. The number of pyridine rings is 1. The molecule has 0 saturated heterocycles. The van der Waals surface area contributed by atoms with E-state index in [2.05, 4.69) is 4.98 Å². The Bertz CT molecular complexity index is 363. The standard InChI is InChI=1S/C11H15NO3/c1-3-8(2)7-15-11(14)9-4-5-10(13)12-6-9/h4-6,8H,3,7H2,1-2H3,(H,12,13)/t8-/m0/s1. The summed E-state index contributed by atoms with van der Waals surface area (Å²) >= 11 is 0. The van der Waals surface area contributed by atoms with Gasteiger partial charge in [-0.15, -0.1) is 0 Å². The first kappa shape index (κ1) is 11.5. The van der Waals surface area contributed by atoms with Gasteiger partial charge in [0.1, 0.15) is 0 Å². The van der Waals surface area contributed by atoms with Crippen molar-refractivity contribution in [2.45, 2.75) is 20.3 Å². The molecule has 1 heterocycles. The quantitative estimate of drug-likeness (QED) is 0.766. The van der Waals surface area contributed by atoms with Crippen LogP contribution in [0.4, 0.5) is 0 Å². The highest BCUT2D eigenvalue weighted by molar-refractivity contribution is 5.88. The number of aromatic amines is 1. The third-order valence-corrected chi connectivity index (χ3v) is 2.22. The van der Waals surface area contributed by atoms with E-state index in [1.807, 2.05) is 13.8 Å². The van der Waals surface area contributed by atoms with E-state index < -0.39 is 5.97 Å². The van der Waals surface area contributed by atoms with E-state index >= 15 is 0 Å². The van der Waals surface area contributed by atoms with Gasteiger partial charge in [-0.3, -0.25) is 4.79 Å². The van der Waals surface area contributed by atoms with Crippen LogP contribution in [-0.4, -0.2) is 17.6 Å². The van der Waals surface area contributed by atoms with Gasteiger partial charge in [-0.1, -0.05) is 20.3 Å². The van der Waals surface area contributed by atoms with Crippen molar-refractivity contribution < 1.29 is 9.53 Å². The predicted octanol–water partition coefficient (Wildman–Crippen LogP) is 1.58. The number of aromatic nitrogens is 1. The Kier molecular flexibility index (Phi) is 4.09. The average molecular weight is 209 g/mol. The Hall–Kier alpha value is -1.58. The summed E-state index contributed by atoms with van der Waals surface area (Å²) in [4.78, 5) is 24.6. The van der Waals surface area contributed by atoms with Crippen molar-refractivity contribution in [1.29, 1.82) is 0 Å². The van der Waals surface area contributed by atoms with Crippen LogP contribution in [0.25, 0.3) is 0 Å². The van der Waals surface area contributed by atoms with Crippen LogP contribution in [0.1, 0.15) is 30.6 Å². The number of carbonyl (C=O) groups is 1. The summed E-state index contributed by atoms with van der Waals surface area (Å²) < 4.78 is 5.06. The topological polar surface area (TPSA) is 59.2 Å². The zero-order valence-electron chi connectivity index (χ0n) is 8.95. The molecule has 0 saturated carbocycles. The minimum absolute atomic E-state index is 0.228. The zero-order valence-corrected chi connectivity index (χ0v) is 8.95. The molecule has 0 radical (unpaired) electrons. The Morgan fingerprint density at radius 2 is 2.27 bits per heavy atom. The Labute approximate surface area is 88.3 Å². The van der Waals surface area contributed by atoms with Crippen LogP contribution in [0.2, 0.25) is 0 Å². The first-order chi connectivity index (χ1) is 7.13. The maximum absolute atomic E-state index is 11.4. The Balaban J connectivity index is 2.54. The van der Waals surface area contributed by atoms with Gasteiger partial charge in [0, 0.05) is 12.3 Å². The van der Waals surface area contributed by atoms with Crippen LogP contribution in [-0.2, 0) is 4.74 Å². The van der Waals surface area contributed by atoms with E-state index in [1.165, 1.54) is 18.3 Å². The normalized spacial score (nSPS) is 12.1. The molecule has 0 amide bonds. The molecule has 1 aromatic heterocycles. The molecule has 0 aliphatic carbocycles. The maximum atomic E-state index is 11.4. The molecule has 0 unspecified atom stereocenters. The molecular formula is C11H15NO3. The van der Waals surface area contributed by atoms with Crippen molar-refractivity contribution in [3.05, 3.63) is 34.2 Å². The summed E-state index contributed by atoms with van der Waals surface area (Å²) in [5.74, 6) is -0.0386. The van der Waals surface area contributed by atoms with Crippen LogP contribution in [0.15, 0.2) is 23.1 Å². The molecule has 1 N–H and O–H groups in total. The fourth-order valence-electron chi connectivity index (χ4n) is 0.957. The minimum Gasteiger partial charge on any atom is -0.462 e. The second-order valence-corrected chi connectivity index (χ2v) is 3.55. The van der Waals surface area contributed by atoms with Gasteiger partial charge in [0.05, 0.1) is 12.2 Å². The average Bonchev–Trinajstić information content (AvgIpc) is 2.26. The lowest BCUT2D eigenvalue weighted by Crippen LogP contribution is -2.13. The number of hydrogen-bond donors (Lipinski definition) is 1. The fourth-order valence-corrected chi connectivity index (χ4v) is 0.957. The highest BCUT2D eigenvalue weighted by Gasteiger charge is 2.08. The number of nitrogens with one attached hydrogen (secondary N) is 1. The molecule has 1 rings (SSSR count). The van der Waals surface area contributed by atoms with Crippen molar-refractivity contribution in [1.82, 2.24) is 4.98 Å². The number of ether oxygens (including phenoxy) is 1. The third kappa shape index (κ3) is 3.58. The minimum atomic E-state index is -0.397. The number of H-pyrrole nitrogens is 1. The van der Waals surface area contributed by atoms with Gasteiger partial charge in [-0.25, -0.2) is 4.79 Å². The summed E-state index contributed by atoms with van der Waals surface area (Å²) in [5, 5.41) is 0. The second-order valence-electron chi connectivity index (χ2n) is 3.55. The van der Waals surface area contributed by atoms with Crippen molar-refractivity contribution in [2.24, 2.45) is 5.92 Å². The van der Waals surface area contributed by atoms with Crippen molar-refractivity contribution >= 4 is 5.97 Å². The highest BCUT2D eigenvalue weighted by Crippen LogP contribution is 2.04. The van der Waals surface area contributed by atoms with Gasteiger partial charge in [0.2, 0.25) is 5.56 Å². The smallest absolute Gasteiger partial charge is 0.339 e. The molecule has 1 atom stereocenters. The molecule has 0 spiro atoms. The molecular weight excluding hydrogens is 194 g/mol. The van der Waals surface area contributed by atoms with E-state index in [9.17, 15) is 9.59 Å². The molecule has 15 heavy (non-hydrogen) atoms. The van der Waals surface area contributed by atoms with E-state index in [0.29, 0.717) is 18.1 Å². The lowest BCUT2D eigenvalue weighted by molar-refractivity contribution is 0.0446. The molecule has 0 aliphatic rings. The van der Waals surface area contributed by atoms with Gasteiger partial charge < -0.3 is 9.72 Å². The summed E-state index contributed by atoms with van der Waals surface area (Å²) in [6, 6.07) is 2.76. The predicted molar refractivity (Wildman–Crippen MR) is 56.8 cm³/mol.